The Hall–Kier alpha value is -1.97. The van der Waals surface area contributed by atoms with E-state index in [4.69, 9.17) is 5.73 Å². The quantitative estimate of drug-likeness (QED) is 0.769. The van der Waals surface area contributed by atoms with Crippen molar-refractivity contribution in [1.82, 2.24) is 9.55 Å². The standard InChI is InChI=1S/C12H16N4/c1-2-16-7-6-14-12(16)15-9-10-4-3-5-11(13)8-10/h3-8H,2,9,13H2,1H3,(H,14,15). The van der Waals surface area contributed by atoms with E-state index in [9.17, 15) is 0 Å². The van der Waals surface area contributed by atoms with E-state index in [2.05, 4.69) is 21.8 Å². The Morgan fingerprint density at radius 2 is 2.31 bits per heavy atom. The topological polar surface area (TPSA) is 55.9 Å². The molecule has 0 aliphatic rings. The average molecular weight is 216 g/mol. The maximum absolute atomic E-state index is 5.72. The Morgan fingerprint density at radius 1 is 1.44 bits per heavy atom. The van der Waals surface area contributed by atoms with Gasteiger partial charge in [-0.2, -0.15) is 0 Å². The summed E-state index contributed by atoms with van der Waals surface area (Å²) < 4.78 is 2.06. The Bertz CT molecular complexity index is 462. The average Bonchev–Trinajstić information content (AvgIpc) is 2.74. The highest BCUT2D eigenvalue weighted by atomic mass is 15.2. The minimum atomic E-state index is 0.738. The number of anilines is 2. The minimum absolute atomic E-state index is 0.738. The molecule has 4 heteroatoms. The number of hydrogen-bond donors (Lipinski definition) is 2. The molecule has 0 bridgehead atoms. The van der Waals surface area contributed by atoms with Crippen LogP contribution in [0.2, 0.25) is 0 Å². The lowest BCUT2D eigenvalue weighted by Gasteiger charge is -2.08. The first-order chi connectivity index (χ1) is 7.79. The van der Waals surface area contributed by atoms with Crippen molar-refractivity contribution in [1.29, 1.82) is 0 Å². The van der Waals surface area contributed by atoms with Crippen molar-refractivity contribution in [3.05, 3.63) is 42.2 Å². The second-order valence-corrected chi connectivity index (χ2v) is 3.64. The zero-order valence-electron chi connectivity index (χ0n) is 9.35. The SMILES string of the molecule is CCn1ccnc1NCc1cccc(N)c1. The van der Waals surface area contributed by atoms with Gasteiger partial charge in [-0.3, -0.25) is 0 Å². The summed E-state index contributed by atoms with van der Waals surface area (Å²) in [5.74, 6) is 0.893. The van der Waals surface area contributed by atoms with E-state index in [0.717, 1.165) is 30.3 Å². The highest BCUT2D eigenvalue weighted by Gasteiger charge is 2.00. The number of imidazole rings is 1. The number of benzene rings is 1. The van der Waals surface area contributed by atoms with Crippen LogP contribution < -0.4 is 11.1 Å². The molecular weight excluding hydrogens is 200 g/mol. The van der Waals surface area contributed by atoms with Crippen LogP contribution in [-0.4, -0.2) is 9.55 Å². The molecule has 0 aliphatic carbocycles. The fraction of sp³-hybridized carbons (Fsp3) is 0.250. The third kappa shape index (κ3) is 2.34. The predicted octanol–water partition coefficient (Wildman–Crippen LogP) is 2.10. The third-order valence-electron chi connectivity index (χ3n) is 2.46. The first kappa shape index (κ1) is 10.5. The summed E-state index contributed by atoms with van der Waals surface area (Å²) in [7, 11) is 0. The van der Waals surface area contributed by atoms with E-state index in [1.165, 1.54) is 0 Å². The number of nitrogens with one attached hydrogen (secondary N) is 1. The number of rotatable bonds is 4. The lowest BCUT2D eigenvalue weighted by Crippen LogP contribution is -2.06. The van der Waals surface area contributed by atoms with Crippen molar-refractivity contribution in [3.63, 3.8) is 0 Å². The summed E-state index contributed by atoms with van der Waals surface area (Å²) in [5.41, 5.74) is 7.66. The maximum Gasteiger partial charge on any atom is 0.203 e. The summed E-state index contributed by atoms with van der Waals surface area (Å²) in [6, 6.07) is 7.85. The monoisotopic (exact) mass is 216 g/mol. The molecule has 3 N–H and O–H groups in total. The van der Waals surface area contributed by atoms with Crippen LogP contribution in [0.1, 0.15) is 12.5 Å². The van der Waals surface area contributed by atoms with Crippen LogP contribution in [0.15, 0.2) is 36.7 Å². The Labute approximate surface area is 95.1 Å². The maximum atomic E-state index is 5.72. The number of nitrogens with two attached hydrogens (primary N) is 1. The zero-order chi connectivity index (χ0) is 11.4. The van der Waals surface area contributed by atoms with Gasteiger partial charge in [-0.05, 0) is 24.6 Å². The Kier molecular flexibility index (Phi) is 3.10. The number of nitrogen functional groups attached to an aromatic ring is 1. The zero-order valence-corrected chi connectivity index (χ0v) is 9.35. The van der Waals surface area contributed by atoms with Crippen LogP contribution >= 0.6 is 0 Å². The van der Waals surface area contributed by atoms with Crippen molar-refractivity contribution in [3.8, 4) is 0 Å². The first-order valence-electron chi connectivity index (χ1n) is 5.39. The highest BCUT2D eigenvalue weighted by molar-refractivity contribution is 5.41. The van der Waals surface area contributed by atoms with Crippen LogP contribution in [0.3, 0.4) is 0 Å². The Morgan fingerprint density at radius 3 is 3.06 bits per heavy atom. The lowest BCUT2D eigenvalue weighted by molar-refractivity contribution is 0.763. The van der Waals surface area contributed by atoms with Crippen LogP contribution in [0.4, 0.5) is 11.6 Å². The first-order valence-corrected chi connectivity index (χ1v) is 5.39. The molecule has 84 valence electrons. The summed E-state index contributed by atoms with van der Waals surface area (Å²) in [6.45, 7) is 3.74. The minimum Gasteiger partial charge on any atom is -0.399 e. The number of nitrogens with zero attached hydrogens (tertiary/aromatic N) is 2. The fourth-order valence-electron chi connectivity index (χ4n) is 1.62. The molecule has 0 amide bonds. The van der Waals surface area contributed by atoms with Crippen molar-refractivity contribution >= 4 is 11.6 Å². The van der Waals surface area contributed by atoms with E-state index in [-0.39, 0.29) is 0 Å². The van der Waals surface area contributed by atoms with Crippen LogP contribution in [0.5, 0.6) is 0 Å². The molecule has 0 radical (unpaired) electrons. The molecule has 1 heterocycles. The third-order valence-corrected chi connectivity index (χ3v) is 2.46. The number of aryl methyl sites for hydroxylation is 1. The lowest BCUT2D eigenvalue weighted by atomic mass is 10.2. The van der Waals surface area contributed by atoms with Crippen molar-refractivity contribution in [2.45, 2.75) is 20.0 Å². The van der Waals surface area contributed by atoms with Crippen LogP contribution in [0.25, 0.3) is 0 Å². The van der Waals surface area contributed by atoms with E-state index in [1.54, 1.807) is 6.20 Å². The van der Waals surface area contributed by atoms with Crippen molar-refractivity contribution in [2.24, 2.45) is 0 Å². The molecule has 2 rings (SSSR count). The van der Waals surface area contributed by atoms with Gasteiger partial charge in [0.2, 0.25) is 5.95 Å². The normalized spacial score (nSPS) is 10.3. The number of aromatic nitrogens is 2. The molecule has 0 saturated heterocycles. The molecule has 2 aromatic rings. The molecular formula is C12H16N4. The molecule has 0 atom stereocenters. The van der Waals surface area contributed by atoms with Gasteiger partial charge in [0.1, 0.15) is 0 Å². The molecule has 0 saturated carbocycles. The molecule has 0 aliphatic heterocycles. The van der Waals surface area contributed by atoms with Gasteiger partial charge in [-0.1, -0.05) is 12.1 Å². The fourth-order valence-corrected chi connectivity index (χ4v) is 1.62. The summed E-state index contributed by atoms with van der Waals surface area (Å²) >= 11 is 0. The molecule has 0 fully saturated rings. The molecule has 1 aromatic carbocycles. The van der Waals surface area contributed by atoms with Crippen LogP contribution in [0, 0.1) is 0 Å². The van der Waals surface area contributed by atoms with Gasteiger partial charge in [-0.15, -0.1) is 0 Å². The summed E-state index contributed by atoms with van der Waals surface area (Å²) in [6.07, 6.45) is 3.76. The second kappa shape index (κ2) is 4.70. The summed E-state index contributed by atoms with van der Waals surface area (Å²) in [5, 5.41) is 3.28. The van der Waals surface area contributed by atoms with Gasteiger partial charge in [0.25, 0.3) is 0 Å². The number of hydrogen-bond acceptors (Lipinski definition) is 3. The van der Waals surface area contributed by atoms with Gasteiger partial charge in [0.05, 0.1) is 0 Å². The van der Waals surface area contributed by atoms with Crippen LogP contribution in [-0.2, 0) is 13.1 Å². The molecule has 16 heavy (non-hydrogen) atoms. The van der Waals surface area contributed by atoms with Gasteiger partial charge in [0.15, 0.2) is 0 Å². The second-order valence-electron chi connectivity index (χ2n) is 3.64. The van der Waals surface area contributed by atoms with Gasteiger partial charge in [-0.25, -0.2) is 4.98 Å². The molecule has 1 aromatic heterocycles. The summed E-state index contributed by atoms with van der Waals surface area (Å²) in [4.78, 5) is 4.25. The van der Waals surface area contributed by atoms with Gasteiger partial charge >= 0.3 is 0 Å². The van der Waals surface area contributed by atoms with Gasteiger partial charge < -0.3 is 15.6 Å². The smallest absolute Gasteiger partial charge is 0.203 e. The largest absolute Gasteiger partial charge is 0.399 e. The van der Waals surface area contributed by atoms with E-state index < -0.39 is 0 Å². The Balaban J connectivity index is 2.02. The van der Waals surface area contributed by atoms with Gasteiger partial charge in [0, 0.05) is 31.2 Å². The molecule has 0 unspecified atom stereocenters. The molecule has 4 nitrogen and oxygen atoms in total. The van der Waals surface area contributed by atoms with Crippen molar-refractivity contribution < 1.29 is 0 Å². The van der Waals surface area contributed by atoms with E-state index in [1.807, 2.05) is 30.5 Å². The highest BCUT2D eigenvalue weighted by Crippen LogP contribution is 2.10. The van der Waals surface area contributed by atoms with Crippen molar-refractivity contribution in [2.75, 3.05) is 11.1 Å². The van der Waals surface area contributed by atoms with E-state index >= 15 is 0 Å². The van der Waals surface area contributed by atoms with E-state index in [0.29, 0.717) is 0 Å². The molecule has 0 spiro atoms. The predicted molar refractivity (Wildman–Crippen MR) is 66.1 cm³/mol.